The molecule has 3 aromatic rings. The van der Waals surface area contributed by atoms with Gasteiger partial charge >= 0.3 is 7.12 Å². The predicted octanol–water partition coefficient (Wildman–Crippen LogP) is 2.63. The van der Waals surface area contributed by atoms with Crippen LogP contribution < -0.4 is 5.46 Å². The second-order valence-electron chi connectivity index (χ2n) is 5.56. The zero-order chi connectivity index (χ0) is 14.4. The van der Waals surface area contributed by atoms with E-state index in [1.807, 2.05) is 30.3 Å². The molecule has 0 atom stereocenters. The summed E-state index contributed by atoms with van der Waals surface area (Å²) in [6, 6.07) is 14.2. The van der Waals surface area contributed by atoms with E-state index in [1.54, 1.807) is 0 Å². The fourth-order valence-electron chi connectivity index (χ4n) is 3.34. The average molecular weight is 274 g/mol. The molecule has 0 radical (unpaired) electrons. The SMILES string of the molecule is OB(O)c1cc2c3c(ccc2c2ccccc12)CCC=C3. The van der Waals surface area contributed by atoms with Crippen molar-refractivity contribution in [1.29, 1.82) is 0 Å². The molecular formula is C18H15BO2. The number of hydrogen-bond acceptors (Lipinski definition) is 2. The van der Waals surface area contributed by atoms with Crippen molar-refractivity contribution in [2.75, 3.05) is 0 Å². The number of aryl methyl sites for hydroxylation is 1. The topological polar surface area (TPSA) is 40.5 Å². The maximum atomic E-state index is 9.72. The molecule has 0 saturated heterocycles. The van der Waals surface area contributed by atoms with Crippen LogP contribution in [0.2, 0.25) is 0 Å². The van der Waals surface area contributed by atoms with E-state index < -0.39 is 7.12 Å². The van der Waals surface area contributed by atoms with Crippen molar-refractivity contribution in [1.82, 2.24) is 0 Å². The summed E-state index contributed by atoms with van der Waals surface area (Å²) in [4.78, 5) is 0. The molecule has 0 heterocycles. The fraction of sp³-hybridized carbons (Fsp3) is 0.111. The van der Waals surface area contributed by atoms with Gasteiger partial charge in [0.05, 0.1) is 0 Å². The van der Waals surface area contributed by atoms with Gasteiger partial charge in [-0.25, -0.2) is 0 Å². The van der Waals surface area contributed by atoms with Gasteiger partial charge in [0, 0.05) is 0 Å². The van der Waals surface area contributed by atoms with Crippen LogP contribution in [-0.2, 0) is 6.42 Å². The number of rotatable bonds is 1. The van der Waals surface area contributed by atoms with Gasteiger partial charge in [-0.15, -0.1) is 0 Å². The molecule has 0 spiro atoms. The number of allylic oxidation sites excluding steroid dienone is 1. The van der Waals surface area contributed by atoms with Gasteiger partial charge in [0.25, 0.3) is 0 Å². The highest BCUT2D eigenvalue weighted by molar-refractivity contribution is 6.62. The van der Waals surface area contributed by atoms with E-state index in [2.05, 4.69) is 24.3 Å². The smallest absolute Gasteiger partial charge is 0.423 e. The Labute approximate surface area is 123 Å². The minimum atomic E-state index is -1.46. The Morgan fingerprint density at radius 1 is 0.857 bits per heavy atom. The Bertz CT molecular complexity index is 881. The quantitative estimate of drug-likeness (QED) is 0.529. The van der Waals surface area contributed by atoms with Crippen LogP contribution in [0.25, 0.3) is 27.6 Å². The summed E-state index contributed by atoms with van der Waals surface area (Å²) in [5, 5.41) is 23.7. The summed E-state index contributed by atoms with van der Waals surface area (Å²) in [5.41, 5.74) is 3.12. The molecule has 2 N–H and O–H groups in total. The van der Waals surface area contributed by atoms with Gasteiger partial charge in [0.2, 0.25) is 0 Å². The van der Waals surface area contributed by atoms with Gasteiger partial charge in [-0.3, -0.25) is 0 Å². The van der Waals surface area contributed by atoms with Gasteiger partial charge in [-0.05, 0) is 51.0 Å². The molecule has 102 valence electrons. The lowest BCUT2D eigenvalue weighted by atomic mass is 9.75. The van der Waals surface area contributed by atoms with Crippen LogP contribution in [0, 0.1) is 0 Å². The van der Waals surface area contributed by atoms with E-state index in [-0.39, 0.29) is 0 Å². The molecule has 1 aliphatic carbocycles. The summed E-state index contributed by atoms with van der Waals surface area (Å²) >= 11 is 0. The van der Waals surface area contributed by atoms with E-state index in [9.17, 15) is 10.0 Å². The minimum Gasteiger partial charge on any atom is -0.423 e. The third-order valence-electron chi connectivity index (χ3n) is 4.35. The van der Waals surface area contributed by atoms with Crippen LogP contribution >= 0.6 is 0 Å². The Morgan fingerprint density at radius 3 is 2.43 bits per heavy atom. The lowest BCUT2D eigenvalue weighted by Gasteiger charge is -2.16. The Kier molecular flexibility index (Phi) is 2.84. The largest absolute Gasteiger partial charge is 0.489 e. The van der Waals surface area contributed by atoms with Gasteiger partial charge in [-0.2, -0.15) is 0 Å². The Morgan fingerprint density at radius 2 is 1.62 bits per heavy atom. The van der Waals surface area contributed by atoms with E-state index in [4.69, 9.17) is 0 Å². The maximum Gasteiger partial charge on any atom is 0.489 e. The minimum absolute atomic E-state index is 0.575. The Hall–Kier alpha value is -2.10. The first kappa shape index (κ1) is 12.6. The number of hydrogen-bond donors (Lipinski definition) is 2. The maximum absolute atomic E-state index is 9.72. The normalized spacial score (nSPS) is 13.6. The van der Waals surface area contributed by atoms with Crippen LogP contribution in [0.15, 0.2) is 48.5 Å². The van der Waals surface area contributed by atoms with E-state index in [1.165, 1.54) is 16.5 Å². The van der Waals surface area contributed by atoms with E-state index in [0.29, 0.717) is 5.46 Å². The highest BCUT2D eigenvalue weighted by Gasteiger charge is 2.18. The van der Waals surface area contributed by atoms with Crippen LogP contribution in [0.3, 0.4) is 0 Å². The van der Waals surface area contributed by atoms with E-state index >= 15 is 0 Å². The van der Waals surface area contributed by atoms with Crippen molar-refractivity contribution in [3.05, 3.63) is 59.7 Å². The van der Waals surface area contributed by atoms with Crippen LogP contribution in [-0.4, -0.2) is 17.2 Å². The van der Waals surface area contributed by atoms with Crippen molar-refractivity contribution in [2.24, 2.45) is 0 Å². The number of fused-ring (bicyclic) bond motifs is 5. The summed E-state index contributed by atoms with van der Waals surface area (Å²) in [7, 11) is -1.46. The monoisotopic (exact) mass is 274 g/mol. The number of benzene rings is 3. The first-order valence-electron chi connectivity index (χ1n) is 7.25. The van der Waals surface area contributed by atoms with Crippen molar-refractivity contribution in [3.63, 3.8) is 0 Å². The summed E-state index contributed by atoms with van der Waals surface area (Å²) in [6.45, 7) is 0. The second-order valence-corrected chi connectivity index (χ2v) is 5.56. The van der Waals surface area contributed by atoms with Crippen molar-refractivity contribution in [3.8, 4) is 0 Å². The molecule has 0 unspecified atom stereocenters. The lowest BCUT2D eigenvalue weighted by molar-refractivity contribution is 0.426. The van der Waals surface area contributed by atoms with Crippen molar-refractivity contribution in [2.45, 2.75) is 12.8 Å². The zero-order valence-electron chi connectivity index (χ0n) is 11.6. The molecule has 1 aliphatic rings. The highest BCUT2D eigenvalue weighted by atomic mass is 16.4. The molecule has 0 amide bonds. The molecule has 0 bridgehead atoms. The van der Waals surface area contributed by atoms with Crippen LogP contribution in [0.5, 0.6) is 0 Å². The molecule has 21 heavy (non-hydrogen) atoms. The molecule has 4 rings (SSSR count). The molecule has 0 saturated carbocycles. The third kappa shape index (κ3) is 1.89. The molecule has 3 heteroatoms. The molecule has 3 aromatic carbocycles. The fourth-order valence-corrected chi connectivity index (χ4v) is 3.34. The first-order valence-corrected chi connectivity index (χ1v) is 7.25. The van der Waals surface area contributed by atoms with Crippen molar-refractivity contribution < 1.29 is 10.0 Å². The van der Waals surface area contributed by atoms with Gasteiger partial charge in [-0.1, -0.05) is 54.6 Å². The summed E-state index contributed by atoms with van der Waals surface area (Å²) in [5.74, 6) is 0. The third-order valence-corrected chi connectivity index (χ3v) is 4.35. The highest BCUT2D eigenvalue weighted by Crippen LogP contribution is 2.32. The standard InChI is InChI=1S/C18H15BO2/c20-19(21)18-11-17-13-6-2-1-5-12(13)9-10-15(17)14-7-3-4-8-16(14)18/h2-4,6-11,20-21H,1,5H2. The second kappa shape index (κ2) is 4.73. The van der Waals surface area contributed by atoms with Gasteiger partial charge in [0.15, 0.2) is 0 Å². The lowest BCUT2D eigenvalue weighted by Crippen LogP contribution is -2.30. The summed E-state index contributed by atoms with van der Waals surface area (Å²) < 4.78 is 0. The first-order chi connectivity index (χ1) is 10.3. The molecular weight excluding hydrogens is 259 g/mol. The molecule has 2 nitrogen and oxygen atoms in total. The average Bonchev–Trinajstić information content (AvgIpc) is 2.53. The Balaban J connectivity index is 2.21. The van der Waals surface area contributed by atoms with Crippen molar-refractivity contribution >= 4 is 40.2 Å². The van der Waals surface area contributed by atoms with E-state index in [0.717, 1.165) is 29.0 Å². The molecule has 0 aliphatic heterocycles. The van der Waals surface area contributed by atoms with Crippen LogP contribution in [0.1, 0.15) is 17.5 Å². The van der Waals surface area contributed by atoms with Crippen LogP contribution in [0.4, 0.5) is 0 Å². The zero-order valence-corrected chi connectivity index (χ0v) is 11.6. The summed E-state index contributed by atoms with van der Waals surface area (Å²) in [6.07, 6.45) is 6.46. The molecule has 0 fully saturated rings. The predicted molar refractivity (Wildman–Crippen MR) is 88.6 cm³/mol. The van der Waals surface area contributed by atoms with Gasteiger partial charge in [0.1, 0.15) is 0 Å². The van der Waals surface area contributed by atoms with Gasteiger partial charge < -0.3 is 10.0 Å². The molecule has 0 aromatic heterocycles.